The number of aliphatic carboxylic acids is 1. The second-order valence-electron chi connectivity index (χ2n) is 5.45. The highest BCUT2D eigenvalue weighted by molar-refractivity contribution is 5.73. The van der Waals surface area contributed by atoms with Crippen LogP contribution in [0.25, 0.3) is 0 Å². The standard InChI is InChI=1S/C16H23NO3/c1-12-6-3-4-7-15(12)20-11-5-10-17(14-8-9-14)13(2)16(18)19/h3-4,6-7,13-14H,5,8-11H2,1-2H3,(H,18,19). The smallest absolute Gasteiger partial charge is 0.320 e. The Morgan fingerprint density at radius 2 is 2.15 bits per heavy atom. The molecule has 2 rings (SSSR count). The Balaban J connectivity index is 1.76. The lowest BCUT2D eigenvalue weighted by atomic mass is 10.2. The van der Waals surface area contributed by atoms with Crippen LogP contribution in [0, 0.1) is 6.92 Å². The minimum atomic E-state index is -0.739. The molecule has 1 atom stereocenters. The fourth-order valence-electron chi connectivity index (χ4n) is 2.39. The van der Waals surface area contributed by atoms with Gasteiger partial charge in [0, 0.05) is 12.6 Å². The number of ether oxygens (including phenoxy) is 1. The van der Waals surface area contributed by atoms with E-state index in [-0.39, 0.29) is 0 Å². The van der Waals surface area contributed by atoms with Crippen molar-refractivity contribution in [3.8, 4) is 5.75 Å². The molecule has 1 fully saturated rings. The van der Waals surface area contributed by atoms with E-state index in [4.69, 9.17) is 9.84 Å². The number of aryl methyl sites for hydroxylation is 1. The van der Waals surface area contributed by atoms with Crippen LogP contribution in [-0.2, 0) is 4.79 Å². The summed E-state index contributed by atoms with van der Waals surface area (Å²) in [7, 11) is 0. The van der Waals surface area contributed by atoms with E-state index in [0.29, 0.717) is 12.6 Å². The summed E-state index contributed by atoms with van der Waals surface area (Å²) < 4.78 is 5.75. The molecule has 20 heavy (non-hydrogen) atoms. The van der Waals surface area contributed by atoms with Crippen molar-refractivity contribution in [1.82, 2.24) is 4.90 Å². The number of carboxylic acid groups (broad SMARTS) is 1. The highest BCUT2D eigenvalue weighted by atomic mass is 16.5. The third kappa shape index (κ3) is 3.97. The summed E-state index contributed by atoms with van der Waals surface area (Å²) in [5.74, 6) is 0.175. The zero-order chi connectivity index (χ0) is 14.5. The molecule has 0 saturated heterocycles. The fraction of sp³-hybridized carbons (Fsp3) is 0.562. The highest BCUT2D eigenvalue weighted by Crippen LogP contribution is 2.28. The molecular formula is C16H23NO3. The van der Waals surface area contributed by atoms with Gasteiger partial charge in [0.05, 0.1) is 6.61 Å². The number of nitrogens with zero attached hydrogens (tertiary/aromatic N) is 1. The molecule has 0 aliphatic heterocycles. The van der Waals surface area contributed by atoms with E-state index in [1.54, 1.807) is 6.92 Å². The summed E-state index contributed by atoms with van der Waals surface area (Å²) in [4.78, 5) is 13.2. The summed E-state index contributed by atoms with van der Waals surface area (Å²) in [6.45, 7) is 5.20. The van der Waals surface area contributed by atoms with Crippen LogP contribution in [0.1, 0.15) is 31.7 Å². The number of rotatable bonds is 8. The SMILES string of the molecule is Cc1ccccc1OCCCN(C1CC1)C(C)C(=O)O. The molecule has 1 aliphatic rings. The highest BCUT2D eigenvalue weighted by Gasteiger charge is 2.34. The molecule has 4 heteroatoms. The number of hydrogen-bond donors (Lipinski definition) is 1. The van der Waals surface area contributed by atoms with Crippen LogP contribution in [0.3, 0.4) is 0 Å². The first-order valence-corrected chi connectivity index (χ1v) is 7.26. The van der Waals surface area contributed by atoms with E-state index in [9.17, 15) is 4.79 Å². The van der Waals surface area contributed by atoms with Gasteiger partial charge in [0.15, 0.2) is 0 Å². The van der Waals surface area contributed by atoms with Crippen LogP contribution in [0.5, 0.6) is 5.75 Å². The van der Waals surface area contributed by atoms with Gasteiger partial charge >= 0.3 is 5.97 Å². The lowest BCUT2D eigenvalue weighted by Gasteiger charge is -2.26. The Hall–Kier alpha value is -1.55. The van der Waals surface area contributed by atoms with Crippen molar-refractivity contribution in [3.63, 3.8) is 0 Å². The number of benzene rings is 1. The van der Waals surface area contributed by atoms with Crippen molar-refractivity contribution < 1.29 is 14.6 Å². The van der Waals surface area contributed by atoms with Gasteiger partial charge in [0.2, 0.25) is 0 Å². The zero-order valence-electron chi connectivity index (χ0n) is 12.2. The number of para-hydroxylation sites is 1. The molecule has 1 saturated carbocycles. The van der Waals surface area contributed by atoms with Crippen molar-refractivity contribution in [2.75, 3.05) is 13.2 Å². The van der Waals surface area contributed by atoms with Crippen LogP contribution in [0.15, 0.2) is 24.3 Å². The molecule has 4 nitrogen and oxygen atoms in total. The van der Waals surface area contributed by atoms with Crippen molar-refractivity contribution in [1.29, 1.82) is 0 Å². The van der Waals surface area contributed by atoms with Crippen LogP contribution in [-0.4, -0.2) is 41.2 Å². The maximum Gasteiger partial charge on any atom is 0.320 e. The molecule has 0 spiro atoms. The Morgan fingerprint density at radius 1 is 1.45 bits per heavy atom. The predicted molar refractivity (Wildman–Crippen MR) is 78.1 cm³/mol. The first-order valence-electron chi connectivity index (χ1n) is 7.26. The maximum atomic E-state index is 11.1. The number of carboxylic acids is 1. The summed E-state index contributed by atoms with van der Waals surface area (Å²) in [5, 5.41) is 9.13. The second-order valence-corrected chi connectivity index (χ2v) is 5.45. The Bertz CT molecular complexity index is 457. The largest absolute Gasteiger partial charge is 0.493 e. The minimum absolute atomic E-state index is 0.402. The molecule has 0 bridgehead atoms. The summed E-state index contributed by atoms with van der Waals surface area (Å²) in [6, 6.07) is 8.00. The fourth-order valence-corrected chi connectivity index (χ4v) is 2.39. The number of carbonyl (C=O) groups is 1. The molecule has 0 aromatic heterocycles. The first kappa shape index (κ1) is 14.9. The van der Waals surface area contributed by atoms with Crippen molar-refractivity contribution in [2.45, 2.75) is 45.2 Å². The van der Waals surface area contributed by atoms with E-state index in [1.165, 1.54) is 0 Å². The Morgan fingerprint density at radius 3 is 2.75 bits per heavy atom. The Kier molecular flexibility index (Phi) is 5.01. The van der Waals surface area contributed by atoms with E-state index in [2.05, 4.69) is 4.90 Å². The van der Waals surface area contributed by atoms with Gasteiger partial charge in [-0.2, -0.15) is 0 Å². The molecule has 1 aliphatic carbocycles. The van der Waals surface area contributed by atoms with Crippen LogP contribution in [0.4, 0.5) is 0 Å². The van der Waals surface area contributed by atoms with Gasteiger partial charge in [0.1, 0.15) is 11.8 Å². The normalized spacial score (nSPS) is 16.1. The summed E-state index contributed by atoms with van der Waals surface area (Å²) in [5.41, 5.74) is 1.13. The van der Waals surface area contributed by atoms with Gasteiger partial charge in [-0.1, -0.05) is 18.2 Å². The molecule has 0 heterocycles. The molecule has 1 aromatic rings. The van der Waals surface area contributed by atoms with Crippen molar-refractivity contribution in [3.05, 3.63) is 29.8 Å². The van der Waals surface area contributed by atoms with Gasteiger partial charge in [0.25, 0.3) is 0 Å². The van der Waals surface area contributed by atoms with E-state index < -0.39 is 12.0 Å². The van der Waals surface area contributed by atoms with Crippen LogP contribution >= 0.6 is 0 Å². The lowest BCUT2D eigenvalue weighted by Crippen LogP contribution is -2.41. The third-order valence-electron chi connectivity index (χ3n) is 3.78. The molecule has 0 amide bonds. The molecule has 1 unspecified atom stereocenters. The predicted octanol–water partition coefficient (Wildman–Crippen LogP) is 2.70. The molecule has 0 radical (unpaired) electrons. The topological polar surface area (TPSA) is 49.8 Å². The first-order chi connectivity index (χ1) is 9.59. The second kappa shape index (κ2) is 6.75. The summed E-state index contributed by atoms with van der Waals surface area (Å²) >= 11 is 0. The maximum absolute atomic E-state index is 11.1. The zero-order valence-corrected chi connectivity index (χ0v) is 12.2. The monoisotopic (exact) mass is 277 g/mol. The number of hydrogen-bond acceptors (Lipinski definition) is 3. The van der Waals surface area contributed by atoms with Gasteiger partial charge in [-0.25, -0.2) is 0 Å². The minimum Gasteiger partial charge on any atom is -0.493 e. The van der Waals surface area contributed by atoms with Gasteiger partial charge in [-0.3, -0.25) is 9.69 Å². The van der Waals surface area contributed by atoms with Gasteiger partial charge in [-0.05, 0) is 44.7 Å². The van der Waals surface area contributed by atoms with Crippen LogP contribution in [0.2, 0.25) is 0 Å². The Labute approximate surface area is 120 Å². The third-order valence-corrected chi connectivity index (χ3v) is 3.78. The molecular weight excluding hydrogens is 254 g/mol. The molecule has 110 valence electrons. The van der Waals surface area contributed by atoms with E-state index in [0.717, 1.165) is 37.1 Å². The summed E-state index contributed by atoms with van der Waals surface area (Å²) in [6.07, 6.45) is 3.09. The van der Waals surface area contributed by atoms with Crippen molar-refractivity contribution >= 4 is 5.97 Å². The van der Waals surface area contributed by atoms with Gasteiger partial charge < -0.3 is 9.84 Å². The van der Waals surface area contributed by atoms with Crippen LogP contribution < -0.4 is 4.74 Å². The van der Waals surface area contributed by atoms with E-state index >= 15 is 0 Å². The molecule has 1 N–H and O–H groups in total. The van der Waals surface area contributed by atoms with Gasteiger partial charge in [-0.15, -0.1) is 0 Å². The van der Waals surface area contributed by atoms with E-state index in [1.807, 2.05) is 31.2 Å². The average Bonchev–Trinajstić information content (AvgIpc) is 3.24. The molecule has 1 aromatic carbocycles. The van der Waals surface area contributed by atoms with Crippen molar-refractivity contribution in [2.24, 2.45) is 0 Å². The quantitative estimate of drug-likeness (QED) is 0.742. The lowest BCUT2D eigenvalue weighted by molar-refractivity contribution is -0.142. The average molecular weight is 277 g/mol.